The van der Waals surface area contributed by atoms with Gasteiger partial charge in [-0.1, -0.05) is 18.2 Å². The highest BCUT2D eigenvalue weighted by Crippen LogP contribution is 2.20. The lowest BCUT2D eigenvalue weighted by molar-refractivity contribution is 0.603. The molecule has 0 radical (unpaired) electrons. The van der Waals surface area contributed by atoms with Gasteiger partial charge in [0.05, 0.1) is 23.6 Å². The minimum atomic E-state index is -0.315. The van der Waals surface area contributed by atoms with Crippen LogP contribution in [-0.2, 0) is 0 Å². The van der Waals surface area contributed by atoms with Gasteiger partial charge in [0, 0.05) is 23.6 Å². The maximum absolute atomic E-state index is 13.3. The molecule has 2 aromatic carbocycles. The van der Waals surface area contributed by atoms with Gasteiger partial charge in [0.15, 0.2) is 0 Å². The number of nitrogens with zero attached hydrogens (tertiary/aromatic N) is 4. The number of rotatable bonds is 5. The Morgan fingerprint density at radius 1 is 1.12 bits per heavy atom. The third-order valence-electron chi connectivity index (χ3n) is 5.59. The van der Waals surface area contributed by atoms with Crippen molar-refractivity contribution in [3.05, 3.63) is 117 Å². The summed E-state index contributed by atoms with van der Waals surface area (Å²) in [4.78, 5) is 17.6. The molecular formula is C25H24FN5O. The first kappa shape index (κ1) is 21.2. The van der Waals surface area contributed by atoms with E-state index in [2.05, 4.69) is 10.1 Å². The van der Waals surface area contributed by atoms with Crippen molar-refractivity contribution in [1.29, 1.82) is 0 Å². The molecule has 0 aliphatic rings. The van der Waals surface area contributed by atoms with E-state index in [0.717, 1.165) is 28.1 Å². The van der Waals surface area contributed by atoms with Crippen molar-refractivity contribution < 1.29 is 4.39 Å². The third kappa shape index (κ3) is 3.97. The van der Waals surface area contributed by atoms with E-state index >= 15 is 0 Å². The highest BCUT2D eigenvalue weighted by atomic mass is 19.1. The molecule has 0 aliphatic carbocycles. The highest BCUT2D eigenvalue weighted by Gasteiger charge is 2.17. The summed E-state index contributed by atoms with van der Waals surface area (Å²) in [5, 5.41) is 3.96. The number of halogens is 1. The first-order valence-electron chi connectivity index (χ1n) is 10.3. The van der Waals surface area contributed by atoms with Crippen molar-refractivity contribution in [2.24, 2.45) is 10.9 Å². The minimum absolute atomic E-state index is 0.222. The molecule has 2 aromatic heterocycles. The Balaban J connectivity index is 1.73. The lowest BCUT2D eigenvalue weighted by atomic mass is 10.00. The summed E-state index contributed by atoms with van der Waals surface area (Å²) in [7, 11) is 0. The van der Waals surface area contributed by atoms with Gasteiger partial charge < -0.3 is 15.0 Å². The number of imidazole rings is 1. The van der Waals surface area contributed by atoms with Crippen molar-refractivity contribution >= 4 is 5.71 Å². The molecule has 0 spiro atoms. The predicted molar refractivity (Wildman–Crippen MR) is 124 cm³/mol. The van der Waals surface area contributed by atoms with Gasteiger partial charge in [-0.2, -0.15) is 5.10 Å². The number of hydrogen-bond donors (Lipinski definition) is 1. The highest BCUT2D eigenvalue weighted by molar-refractivity contribution is 6.12. The molecule has 0 amide bonds. The lowest BCUT2D eigenvalue weighted by Crippen LogP contribution is -2.29. The van der Waals surface area contributed by atoms with E-state index in [1.54, 1.807) is 41.4 Å². The molecule has 32 heavy (non-hydrogen) atoms. The van der Waals surface area contributed by atoms with E-state index in [4.69, 9.17) is 5.84 Å². The van der Waals surface area contributed by atoms with Crippen molar-refractivity contribution in [2.45, 2.75) is 26.8 Å². The molecule has 0 aliphatic heterocycles. The molecule has 2 N–H and O–H groups in total. The van der Waals surface area contributed by atoms with E-state index < -0.39 is 0 Å². The first-order valence-corrected chi connectivity index (χ1v) is 10.3. The summed E-state index contributed by atoms with van der Waals surface area (Å²) in [6, 6.07) is 15.2. The summed E-state index contributed by atoms with van der Waals surface area (Å²) in [5.74, 6) is 5.43. The number of hydrogen-bond acceptors (Lipinski definition) is 4. The average molecular weight is 429 g/mol. The van der Waals surface area contributed by atoms with Crippen LogP contribution in [0.5, 0.6) is 0 Å². The smallest absolute Gasteiger partial charge is 0.260 e. The van der Waals surface area contributed by atoms with E-state index in [-0.39, 0.29) is 17.4 Å². The second-order valence-corrected chi connectivity index (χ2v) is 7.76. The van der Waals surface area contributed by atoms with Gasteiger partial charge in [-0.25, -0.2) is 9.37 Å². The van der Waals surface area contributed by atoms with Gasteiger partial charge >= 0.3 is 0 Å². The molecule has 0 fully saturated rings. The van der Waals surface area contributed by atoms with Crippen LogP contribution in [0, 0.1) is 19.7 Å². The second kappa shape index (κ2) is 8.63. The van der Waals surface area contributed by atoms with E-state index in [1.165, 1.54) is 12.1 Å². The molecular weight excluding hydrogens is 405 g/mol. The minimum Gasteiger partial charge on any atom is -0.323 e. The van der Waals surface area contributed by atoms with Crippen LogP contribution in [0.1, 0.15) is 40.9 Å². The molecule has 1 atom stereocenters. The summed E-state index contributed by atoms with van der Waals surface area (Å²) in [6.07, 6.45) is 5.43. The summed E-state index contributed by atoms with van der Waals surface area (Å²) < 4.78 is 16.9. The van der Waals surface area contributed by atoms with Crippen LogP contribution in [0.4, 0.5) is 4.39 Å². The number of hydrazone groups is 1. The SMILES string of the molecule is Cc1cn(-c2ccc(/C(=N/N)c3cccn(C(C)c4ccc(F)cc4)c3=O)cc2C)cn1. The molecule has 2 heterocycles. The van der Waals surface area contributed by atoms with Crippen molar-refractivity contribution in [1.82, 2.24) is 14.1 Å². The van der Waals surface area contributed by atoms with Crippen molar-refractivity contribution in [2.75, 3.05) is 0 Å². The average Bonchev–Trinajstić information content (AvgIpc) is 3.21. The number of aryl methyl sites for hydroxylation is 2. The largest absolute Gasteiger partial charge is 0.323 e. The Labute approximate surface area is 185 Å². The fraction of sp³-hybridized carbons (Fsp3) is 0.160. The number of nitrogens with two attached hydrogens (primary N) is 1. The Kier molecular flexibility index (Phi) is 5.73. The first-order chi connectivity index (χ1) is 15.4. The molecule has 6 nitrogen and oxygen atoms in total. The lowest BCUT2D eigenvalue weighted by Gasteiger charge is -2.17. The standard InChI is InChI=1S/C25H24FN5O/c1-16-13-20(8-11-23(16)30-14-17(2)28-15-30)24(29-27)22-5-4-12-31(25(22)32)18(3)19-6-9-21(26)10-7-19/h4-15,18H,27H2,1-3H3/b29-24-. The Morgan fingerprint density at radius 3 is 2.50 bits per heavy atom. The van der Waals surface area contributed by atoms with Gasteiger partial charge in [0.25, 0.3) is 5.56 Å². The Bertz CT molecular complexity index is 1350. The zero-order valence-electron chi connectivity index (χ0n) is 18.2. The van der Waals surface area contributed by atoms with E-state index in [1.807, 2.05) is 49.7 Å². The Morgan fingerprint density at radius 2 is 1.88 bits per heavy atom. The molecule has 162 valence electrons. The fourth-order valence-corrected chi connectivity index (χ4v) is 3.84. The normalized spacial score (nSPS) is 12.7. The van der Waals surface area contributed by atoms with Crippen LogP contribution in [-0.4, -0.2) is 19.8 Å². The van der Waals surface area contributed by atoms with Crippen molar-refractivity contribution in [3.8, 4) is 5.69 Å². The van der Waals surface area contributed by atoms with Crippen LogP contribution >= 0.6 is 0 Å². The molecule has 0 saturated carbocycles. The predicted octanol–water partition coefficient (Wildman–Crippen LogP) is 4.11. The molecule has 4 aromatic rings. The van der Waals surface area contributed by atoms with Crippen LogP contribution in [0.25, 0.3) is 5.69 Å². The number of pyridine rings is 1. The Hall–Kier alpha value is -4.00. The molecule has 4 rings (SSSR count). The maximum Gasteiger partial charge on any atom is 0.260 e. The van der Waals surface area contributed by atoms with Gasteiger partial charge in [0.2, 0.25) is 0 Å². The summed E-state index contributed by atoms with van der Waals surface area (Å²) >= 11 is 0. The second-order valence-electron chi connectivity index (χ2n) is 7.76. The third-order valence-corrected chi connectivity index (χ3v) is 5.59. The molecule has 7 heteroatoms. The zero-order valence-corrected chi connectivity index (χ0v) is 18.2. The summed E-state index contributed by atoms with van der Waals surface area (Å²) in [5.41, 5.74) is 5.07. The molecule has 0 bridgehead atoms. The van der Waals surface area contributed by atoms with E-state index in [9.17, 15) is 9.18 Å². The maximum atomic E-state index is 13.3. The van der Waals surface area contributed by atoms with E-state index in [0.29, 0.717) is 11.3 Å². The van der Waals surface area contributed by atoms with Gasteiger partial charge in [-0.05, 0) is 68.3 Å². The topological polar surface area (TPSA) is 78.2 Å². The van der Waals surface area contributed by atoms with Gasteiger partial charge in [-0.15, -0.1) is 0 Å². The summed E-state index contributed by atoms with van der Waals surface area (Å²) in [6.45, 7) is 5.82. The number of benzene rings is 2. The van der Waals surface area contributed by atoms with Crippen LogP contribution in [0.2, 0.25) is 0 Å². The molecule has 1 unspecified atom stereocenters. The zero-order chi connectivity index (χ0) is 22.8. The monoisotopic (exact) mass is 429 g/mol. The van der Waals surface area contributed by atoms with Gasteiger partial charge in [-0.3, -0.25) is 4.79 Å². The van der Waals surface area contributed by atoms with Crippen LogP contribution < -0.4 is 11.4 Å². The molecule has 0 saturated heterocycles. The quantitative estimate of drug-likeness (QED) is 0.295. The van der Waals surface area contributed by atoms with Gasteiger partial charge in [0.1, 0.15) is 11.5 Å². The van der Waals surface area contributed by atoms with Crippen molar-refractivity contribution in [3.63, 3.8) is 0 Å². The number of aromatic nitrogens is 3. The van der Waals surface area contributed by atoms with Crippen LogP contribution in [0.3, 0.4) is 0 Å². The van der Waals surface area contributed by atoms with Crippen LogP contribution in [0.15, 0.2) is 83.2 Å². The fourth-order valence-electron chi connectivity index (χ4n) is 3.84.